The molecule has 2 atom stereocenters. The predicted molar refractivity (Wildman–Crippen MR) is 93.2 cm³/mol. The Morgan fingerprint density at radius 1 is 0.625 bits per heavy atom. The molecule has 1 aliphatic heterocycles. The lowest BCUT2D eigenvalue weighted by Gasteiger charge is -2.37. The van der Waals surface area contributed by atoms with Gasteiger partial charge in [-0.3, -0.25) is 9.80 Å². The lowest BCUT2D eigenvalue weighted by molar-refractivity contribution is -0.0113. The zero-order valence-corrected chi connectivity index (χ0v) is 13.8. The van der Waals surface area contributed by atoms with Gasteiger partial charge in [0.15, 0.2) is 12.6 Å². The third-order valence-electron chi connectivity index (χ3n) is 4.64. The van der Waals surface area contributed by atoms with Gasteiger partial charge < -0.3 is 0 Å². The number of benzene rings is 2. The molecular weight excluding hydrogens is 306 g/mol. The largest absolute Gasteiger partial charge is 0.271 e. The van der Waals surface area contributed by atoms with E-state index in [0.29, 0.717) is 39.0 Å². The second kappa shape index (κ2) is 8.36. The van der Waals surface area contributed by atoms with Crippen LogP contribution in [0.4, 0.5) is 8.78 Å². The number of halogens is 2. The van der Waals surface area contributed by atoms with E-state index in [1.807, 2.05) is 70.5 Å². The molecule has 0 aliphatic carbocycles. The monoisotopic (exact) mass is 330 g/mol. The molecule has 0 radical (unpaired) electrons. The van der Waals surface area contributed by atoms with E-state index < -0.39 is 12.6 Å². The molecule has 0 unspecified atom stereocenters. The lowest BCUT2D eigenvalue weighted by atomic mass is 10.1. The molecule has 0 bridgehead atoms. The highest BCUT2D eigenvalue weighted by molar-refractivity contribution is 5.16. The van der Waals surface area contributed by atoms with Crippen molar-refractivity contribution in [2.45, 2.75) is 25.4 Å². The Kier molecular flexibility index (Phi) is 5.94. The van der Waals surface area contributed by atoms with E-state index in [9.17, 15) is 8.78 Å². The van der Waals surface area contributed by atoms with E-state index in [4.69, 9.17) is 0 Å². The van der Waals surface area contributed by atoms with E-state index >= 15 is 0 Å². The van der Waals surface area contributed by atoms with Gasteiger partial charge in [0.25, 0.3) is 0 Å². The summed E-state index contributed by atoms with van der Waals surface area (Å²) in [5.41, 5.74) is 2.00. The molecule has 24 heavy (non-hydrogen) atoms. The van der Waals surface area contributed by atoms with Crippen molar-refractivity contribution in [1.29, 1.82) is 0 Å². The van der Waals surface area contributed by atoms with Gasteiger partial charge in [-0.25, -0.2) is 8.78 Å². The highest BCUT2D eigenvalue weighted by Crippen LogP contribution is 2.17. The third-order valence-corrected chi connectivity index (χ3v) is 4.64. The van der Waals surface area contributed by atoms with Gasteiger partial charge in [0.1, 0.15) is 0 Å². The van der Waals surface area contributed by atoms with Crippen LogP contribution in [0.5, 0.6) is 0 Å². The van der Waals surface area contributed by atoms with Gasteiger partial charge in [-0.1, -0.05) is 60.7 Å². The molecule has 1 saturated heterocycles. The van der Waals surface area contributed by atoms with Crippen molar-refractivity contribution < 1.29 is 8.78 Å². The maximum Gasteiger partial charge on any atom is 0.157 e. The van der Waals surface area contributed by atoms with Crippen molar-refractivity contribution in [3.8, 4) is 0 Å². The summed E-state index contributed by atoms with van der Waals surface area (Å²) in [6.45, 7) is 2.29. The molecule has 2 aromatic carbocycles. The third kappa shape index (κ3) is 4.62. The lowest BCUT2D eigenvalue weighted by Crippen LogP contribution is -2.52. The average Bonchev–Trinajstić information content (AvgIpc) is 2.63. The molecule has 0 spiro atoms. The van der Waals surface area contributed by atoms with Crippen molar-refractivity contribution >= 4 is 0 Å². The maximum atomic E-state index is 14.5. The van der Waals surface area contributed by atoms with Crippen LogP contribution in [0.1, 0.15) is 11.1 Å². The van der Waals surface area contributed by atoms with Crippen LogP contribution in [0, 0.1) is 0 Å². The number of hydrogen-bond donors (Lipinski definition) is 0. The van der Waals surface area contributed by atoms with Crippen molar-refractivity contribution in [3.05, 3.63) is 71.8 Å². The van der Waals surface area contributed by atoms with Crippen molar-refractivity contribution in [2.24, 2.45) is 0 Å². The zero-order valence-electron chi connectivity index (χ0n) is 13.8. The van der Waals surface area contributed by atoms with Gasteiger partial charge in [-0.15, -0.1) is 0 Å². The summed E-state index contributed by atoms with van der Waals surface area (Å²) in [5, 5.41) is 0. The van der Waals surface area contributed by atoms with Gasteiger partial charge in [0.2, 0.25) is 0 Å². The summed E-state index contributed by atoms with van der Waals surface area (Å²) in [4.78, 5) is 3.64. The summed E-state index contributed by atoms with van der Waals surface area (Å²) >= 11 is 0. The standard InChI is InChI=1S/C20H24F2N2/c21-19(15-17-7-3-1-4-8-17)23-11-13-24(14-12-23)20(22)16-18-9-5-2-6-10-18/h1-10,19-20H,11-16H2/t19-,20-/m0/s1. The first-order chi connectivity index (χ1) is 11.7. The number of rotatable bonds is 6. The van der Waals surface area contributed by atoms with E-state index in [1.54, 1.807) is 0 Å². The summed E-state index contributed by atoms with van der Waals surface area (Å²) in [6.07, 6.45) is -1.21. The van der Waals surface area contributed by atoms with Crippen molar-refractivity contribution in [3.63, 3.8) is 0 Å². The molecule has 128 valence electrons. The number of hydrogen-bond acceptors (Lipinski definition) is 2. The van der Waals surface area contributed by atoms with Crippen molar-refractivity contribution in [2.75, 3.05) is 26.2 Å². The summed E-state index contributed by atoms with van der Waals surface area (Å²) in [5.74, 6) is 0. The molecule has 0 saturated carbocycles. The summed E-state index contributed by atoms with van der Waals surface area (Å²) in [7, 11) is 0. The van der Waals surface area contributed by atoms with Gasteiger partial charge in [0, 0.05) is 39.0 Å². The zero-order chi connectivity index (χ0) is 16.8. The molecular formula is C20H24F2N2. The smallest absolute Gasteiger partial charge is 0.157 e. The Morgan fingerprint density at radius 2 is 0.958 bits per heavy atom. The molecule has 2 aromatic rings. The normalized spacial score (nSPS) is 19.1. The van der Waals surface area contributed by atoms with Gasteiger partial charge in [-0.2, -0.15) is 0 Å². The molecule has 1 fully saturated rings. The fourth-order valence-electron chi connectivity index (χ4n) is 3.17. The minimum absolute atomic E-state index is 0.393. The van der Waals surface area contributed by atoms with E-state index in [2.05, 4.69) is 0 Å². The molecule has 2 nitrogen and oxygen atoms in total. The number of alkyl halides is 2. The van der Waals surface area contributed by atoms with E-state index in [1.165, 1.54) is 0 Å². The summed E-state index contributed by atoms with van der Waals surface area (Å²) in [6, 6.07) is 19.4. The molecule has 4 heteroatoms. The molecule has 0 amide bonds. The van der Waals surface area contributed by atoms with Gasteiger partial charge >= 0.3 is 0 Å². The quantitative estimate of drug-likeness (QED) is 0.746. The fourth-order valence-corrected chi connectivity index (χ4v) is 3.17. The number of nitrogens with zero attached hydrogens (tertiary/aromatic N) is 2. The highest BCUT2D eigenvalue weighted by Gasteiger charge is 2.27. The average molecular weight is 330 g/mol. The predicted octanol–water partition coefficient (Wildman–Crippen LogP) is 3.68. The Morgan fingerprint density at radius 3 is 1.29 bits per heavy atom. The SMILES string of the molecule is F[C@H](Cc1ccccc1)N1CCN([C@H](F)Cc2ccccc2)CC1. The molecule has 1 heterocycles. The highest BCUT2D eigenvalue weighted by atomic mass is 19.1. The fraction of sp³-hybridized carbons (Fsp3) is 0.400. The van der Waals surface area contributed by atoms with Crippen LogP contribution in [0.25, 0.3) is 0 Å². The maximum absolute atomic E-state index is 14.5. The molecule has 3 rings (SSSR count). The first-order valence-corrected chi connectivity index (χ1v) is 8.56. The van der Waals surface area contributed by atoms with E-state index in [-0.39, 0.29) is 0 Å². The summed E-state index contributed by atoms with van der Waals surface area (Å²) < 4.78 is 28.9. The Bertz CT molecular complexity index is 542. The molecule has 0 N–H and O–H groups in total. The molecule has 0 aromatic heterocycles. The van der Waals surface area contributed by atoms with Crippen LogP contribution in [-0.4, -0.2) is 48.6 Å². The van der Waals surface area contributed by atoms with E-state index in [0.717, 1.165) is 11.1 Å². The van der Waals surface area contributed by atoms with Gasteiger partial charge in [0.05, 0.1) is 0 Å². The molecule has 1 aliphatic rings. The first kappa shape index (κ1) is 17.1. The van der Waals surface area contributed by atoms with Crippen LogP contribution < -0.4 is 0 Å². The van der Waals surface area contributed by atoms with Crippen LogP contribution in [0.2, 0.25) is 0 Å². The number of piperazine rings is 1. The Hall–Kier alpha value is -1.78. The van der Waals surface area contributed by atoms with Crippen LogP contribution in [-0.2, 0) is 12.8 Å². The first-order valence-electron chi connectivity index (χ1n) is 8.56. The topological polar surface area (TPSA) is 6.48 Å². The Balaban J connectivity index is 1.46. The van der Waals surface area contributed by atoms with Crippen molar-refractivity contribution in [1.82, 2.24) is 9.80 Å². The second-order valence-corrected chi connectivity index (χ2v) is 6.32. The van der Waals surface area contributed by atoms with Crippen LogP contribution in [0.3, 0.4) is 0 Å². The van der Waals surface area contributed by atoms with Crippen LogP contribution >= 0.6 is 0 Å². The minimum atomic E-state index is -0.998. The second-order valence-electron chi connectivity index (χ2n) is 6.32. The minimum Gasteiger partial charge on any atom is -0.271 e. The Labute approximate surface area is 142 Å². The van der Waals surface area contributed by atoms with Gasteiger partial charge in [-0.05, 0) is 11.1 Å². The van der Waals surface area contributed by atoms with Crippen LogP contribution in [0.15, 0.2) is 60.7 Å².